The van der Waals surface area contributed by atoms with Crippen LogP contribution in [-0.4, -0.2) is 20.4 Å². The molecule has 2 aromatic heterocycles. The van der Waals surface area contributed by atoms with Crippen molar-refractivity contribution in [3.63, 3.8) is 0 Å². The second-order valence-electron chi connectivity index (χ2n) is 4.84. The van der Waals surface area contributed by atoms with Crippen LogP contribution in [0.2, 0.25) is 0 Å². The van der Waals surface area contributed by atoms with Crippen molar-refractivity contribution in [2.45, 2.75) is 6.92 Å². The molecule has 0 bridgehead atoms. The molecule has 0 atom stereocenters. The summed E-state index contributed by atoms with van der Waals surface area (Å²) in [6, 6.07) is 16.3. The van der Waals surface area contributed by atoms with Gasteiger partial charge in [-0.3, -0.25) is 0 Å². The van der Waals surface area contributed by atoms with E-state index < -0.39 is 0 Å². The van der Waals surface area contributed by atoms with Gasteiger partial charge in [-0.25, -0.2) is 4.98 Å². The molecule has 0 aliphatic carbocycles. The predicted molar refractivity (Wildman–Crippen MR) is 79.4 cm³/mol. The number of aromatic amines is 1. The Morgan fingerprint density at radius 1 is 0.900 bits per heavy atom. The van der Waals surface area contributed by atoms with E-state index in [4.69, 9.17) is 4.98 Å². The van der Waals surface area contributed by atoms with Gasteiger partial charge in [0.15, 0.2) is 0 Å². The van der Waals surface area contributed by atoms with Crippen LogP contribution in [0.15, 0.2) is 48.5 Å². The summed E-state index contributed by atoms with van der Waals surface area (Å²) < 4.78 is 0. The zero-order valence-electron chi connectivity index (χ0n) is 11.0. The van der Waals surface area contributed by atoms with E-state index in [1.807, 2.05) is 30.3 Å². The standard InChI is InChI=1S/C16H12N4/c1-10-9-14(11-5-3-2-4-6-11)17-12-7-8-13-16(15(10)12)19-20-18-13/h2-9H,1H3,(H,18,19,20). The van der Waals surface area contributed by atoms with Crippen molar-refractivity contribution in [3.8, 4) is 11.3 Å². The Hall–Kier alpha value is -2.75. The highest BCUT2D eigenvalue weighted by molar-refractivity contribution is 6.04. The maximum Gasteiger partial charge on any atom is 0.122 e. The molecule has 1 N–H and O–H groups in total. The molecule has 0 aliphatic heterocycles. The fourth-order valence-corrected chi connectivity index (χ4v) is 2.58. The molecule has 2 aromatic carbocycles. The number of hydrogen-bond donors (Lipinski definition) is 1. The van der Waals surface area contributed by atoms with Gasteiger partial charge in [0.2, 0.25) is 0 Å². The van der Waals surface area contributed by atoms with E-state index in [0.717, 1.165) is 38.8 Å². The third-order valence-electron chi connectivity index (χ3n) is 3.52. The molecule has 0 radical (unpaired) electrons. The van der Waals surface area contributed by atoms with Gasteiger partial charge < -0.3 is 0 Å². The number of hydrogen-bond acceptors (Lipinski definition) is 3. The van der Waals surface area contributed by atoms with E-state index in [9.17, 15) is 0 Å². The maximum atomic E-state index is 4.75. The first-order valence-corrected chi connectivity index (χ1v) is 6.49. The van der Waals surface area contributed by atoms with Gasteiger partial charge in [-0.1, -0.05) is 30.3 Å². The van der Waals surface area contributed by atoms with Crippen LogP contribution in [0.25, 0.3) is 33.2 Å². The number of fused-ring (bicyclic) bond motifs is 3. The number of nitrogens with zero attached hydrogens (tertiary/aromatic N) is 3. The Morgan fingerprint density at radius 2 is 1.70 bits per heavy atom. The molecule has 0 aliphatic rings. The number of aromatic nitrogens is 4. The maximum absolute atomic E-state index is 4.75. The molecule has 0 saturated heterocycles. The minimum atomic E-state index is 0.870. The van der Waals surface area contributed by atoms with Crippen LogP contribution in [0.4, 0.5) is 0 Å². The van der Waals surface area contributed by atoms with Gasteiger partial charge in [-0.05, 0) is 30.7 Å². The van der Waals surface area contributed by atoms with E-state index >= 15 is 0 Å². The lowest BCUT2D eigenvalue weighted by molar-refractivity contribution is 0.960. The second-order valence-corrected chi connectivity index (χ2v) is 4.84. The van der Waals surface area contributed by atoms with Crippen molar-refractivity contribution in [1.29, 1.82) is 0 Å². The predicted octanol–water partition coefficient (Wildman–Crippen LogP) is 3.48. The molecule has 0 amide bonds. The monoisotopic (exact) mass is 260 g/mol. The van der Waals surface area contributed by atoms with Crippen molar-refractivity contribution in [3.05, 3.63) is 54.1 Å². The van der Waals surface area contributed by atoms with Gasteiger partial charge in [-0.15, -0.1) is 0 Å². The highest BCUT2D eigenvalue weighted by Gasteiger charge is 2.10. The Morgan fingerprint density at radius 3 is 2.55 bits per heavy atom. The first kappa shape index (κ1) is 11.1. The van der Waals surface area contributed by atoms with Crippen LogP contribution in [0.3, 0.4) is 0 Å². The van der Waals surface area contributed by atoms with E-state index in [-0.39, 0.29) is 0 Å². The Balaban J connectivity index is 2.06. The molecule has 0 saturated carbocycles. The number of benzene rings is 2. The van der Waals surface area contributed by atoms with Crippen LogP contribution in [-0.2, 0) is 0 Å². The van der Waals surface area contributed by atoms with Crippen LogP contribution in [0.5, 0.6) is 0 Å². The minimum absolute atomic E-state index is 0.870. The average molecular weight is 260 g/mol. The molecule has 0 unspecified atom stereocenters. The molecule has 4 rings (SSSR count). The zero-order chi connectivity index (χ0) is 13.5. The highest BCUT2D eigenvalue weighted by atomic mass is 15.3. The molecule has 2 heterocycles. The van der Waals surface area contributed by atoms with Gasteiger partial charge in [0.25, 0.3) is 0 Å². The average Bonchev–Trinajstić information content (AvgIpc) is 2.96. The lowest BCUT2D eigenvalue weighted by Crippen LogP contribution is -1.89. The molecular weight excluding hydrogens is 248 g/mol. The summed E-state index contributed by atoms with van der Waals surface area (Å²) in [5.74, 6) is 0. The summed E-state index contributed by atoms with van der Waals surface area (Å²) in [5.41, 5.74) is 5.97. The molecule has 96 valence electrons. The van der Waals surface area contributed by atoms with Crippen LogP contribution < -0.4 is 0 Å². The summed E-state index contributed by atoms with van der Waals surface area (Å²) >= 11 is 0. The molecule has 4 nitrogen and oxygen atoms in total. The fraction of sp³-hybridized carbons (Fsp3) is 0.0625. The van der Waals surface area contributed by atoms with E-state index in [1.54, 1.807) is 0 Å². The van der Waals surface area contributed by atoms with Crippen molar-refractivity contribution in [2.24, 2.45) is 0 Å². The van der Waals surface area contributed by atoms with Gasteiger partial charge in [-0.2, -0.15) is 15.4 Å². The number of nitrogens with one attached hydrogen (secondary N) is 1. The first-order chi connectivity index (χ1) is 9.83. The van der Waals surface area contributed by atoms with Crippen LogP contribution in [0.1, 0.15) is 5.56 Å². The van der Waals surface area contributed by atoms with Crippen molar-refractivity contribution in [1.82, 2.24) is 20.4 Å². The van der Waals surface area contributed by atoms with Crippen molar-refractivity contribution >= 4 is 21.9 Å². The van der Waals surface area contributed by atoms with Crippen LogP contribution in [0, 0.1) is 6.92 Å². The third kappa shape index (κ3) is 1.58. The smallest absolute Gasteiger partial charge is 0.122 e. The van der Waals surface area contributed by atoms with E-state index in [2.05, 4.69) is 40.5 Å². The first-order valence-electron chi connectivity index (χ1n) is 6.49. The Bertz CT molecular complexity index is 910. The molecular formula is C16H12N4. The summed E-state index contributed by atoms with van der Waals surface area (Å²) in [4.78, 5) is 4.75. The highest BCUT2D eigenvalue weighted by Crippen LogP contribution is 2.28. The van der Waals surface area contributed by atoms with Gasteiger partial charge in [0, 0.05) is 10.9 Å². The van der Waals surface area contributed by atoms with E-state index in [0.29, 0.717) is 0 Å². The van der Waals surface area contributed by atoms with Gasteiger partial charge in [0.1, 0.15) is 11.0 Å². The quantitative estimate of drug-likeness (QED) is 0.570. The van der Waals surface area contributed by atoms with Crippen molar-refractivity contribution in [2.75, 3.05) is 0 Å². The number of aryl methyl sites for hydroxylation is 1. The molecule has 4 heteroatoms. The number of H-pyrrole nitrogens is 1. The summed E-state index contributed by atoms with van der Waals surface area (Å²) in [5, 5.41) is 12.1. The number of pyridine rings is 1. The topological polar surface area (TPSA) is 54.5 Å². The number of rotatable bonds is 1. The molecule has 20 heavy (non-hydrogen) atoms. The van der Waals surface area contributed by atoms with E-state index in [1.165, 1.54) is 0 Å². The summed E-state index contributed by atoms with van der Waals surface area (Å²) in [6.45, 7) is 2.09. The Kier molecular flexibility index (Phi) is 2.29. The second kappa shape index (κ2) is 4.13. The normalized spacial score (nSPS) is 11.2. The zero-order valence-corrected chi connectivity index (χ0v) is 11.0. The van der Waals surface area contributed by atoms with Gasteiger partial charge >= 0.3 is 0 Å². The lowest BCUT2D eigenvalue weighted by atomic mass is 10.0. The lowest BCUT2D eigenvalue weighted by Gasteiger charge is -2.06. The largest absolute Gasteiger partial charge is 0.248 e. The van der Waals surface area contributed by atoms with Crippen molar-refractivity contribution < 1.29 is 0 Å². The van der Waals surface area contributed by atoms with Gasteiger partial charge in [0.05, 0.1) is 11.2 Å². The molecule has 0 fully saturated rings. The minimum Gasteiger partial charge on any atom is -0.248 e. The van der Waals surface area contributed by atoms with Crippen LogP contribution >= 0.6 is 0 Å². The SMILES string of the molecule is Cc1cc(-c2ccccc2)nc2ccc3n[nH]nc3c12. The fourth-order valence-electron chi connectivity index (χ4n) is 2.58. The summed E-state index contributed by atoms with van der Waals surface area (Å²) in [7, 11) is 0. The molecule has 4 aromatic rings. The Labute approximate surface area is 115 Å². The summed E-state index contributed by atoms with van der Waals surface area (Å²) in [6.07, 6.45) is 0. The third-order valence-corrected chi connectivity index (χ3v) is 3.52. The molecule has 0 spiro atoms.